The van der Waals surface area contributed by atoms with Gasteiger partial charge >= 0.3 is 0 Å². The van der Waals surface area contributed by atoms with Gasteiger partial charge in [-0.05, 0) is 30.2 Å². The second kappa shape index (κ2) is 7.12. The van der Waals surface area contributed by atoms with Crippen LogP contribution in [0.25, 0.3) is 0 Å². The van der Waals surface area contributed by atoms with Gasteiger partial charge in [0.15, 0.2) is 0 Å². The van der Waals surface area contributed by atoms with Crippen LogP contribution >= 0.6 is 0 Å². The highest BCUT2D eigenvalue weighted by Crippen LogP contribution is 2.35. The lowest BCUT2D eigenvalue weighted by molar-refractivity contribution is -0.0293. The third-order valence-corrected chi connectivity index (χ3v) is 4.84. The van der Waals surface area contributed by atoms with Gasteiger partial charge in [-0.3, -0.25) is 0 Å². The summed E-state index contributed by atoms with van der Waals surface area (Å²) in [5.41, 5.74) is 5.02. The Labute approximate surface area is 149 Å². The fourth-order valence-electron chi connectivity index (χ4n) is 3.43. The molecule has 0 aromatic heterocycles. The van der Waals surface area contributed by atoms with Gasteiger partial charge in [0.2, 0.25) is 0 Å². The first kappa shape index (κ1) is 15.9. The molecule has 4 rings (SSSR count). The molecule has 2 nitrogen and oxygen atoms in total. The summed E-state index contributed by atoms with van der Waals surface area (Å²) in [4.78, 5) is 2.44. The van der Waals surface area contributed by atoms with Gasteiger partial charge in [0.25, 0.3) is 0 Å². The van der Waals surface area contributed by atoms with E-state index in [4.69, 9.17) is 4.74 Å². The van der Waals surface area contributed by atoms with E-state index in [1.807, 2.05) is 0 Å². The van der Waals surface area contributed by atoms with Gasteiger partial charge in [-0.2, -0.15) is 0 Å². The maximum absolute atomic E-state index is 6.49. The van der Waals surface area contributed by atoms with Crippen molar-refractivity contribution < 1.29 is 4.74 Å². The van der Waals surface area contributed by atoms with Gasteiger partial charge in [0, 0.05) is 18.8 Å². The number of benzene rings is 3. The van der Waals surface area contributed by atoms with Crippen LogP contribution in [0.2, 0.25) is 0 Å². The third-order valence-electron chi connectivity index (χ3n) is 4.84. The van der Waals surface area contributed by atoms with E-state index in [0.29, 0.717) is 0 Å². The predicted octanol–water partition coefficient (Wildman–Crippen LogP) is 5.31. The zero-order valence-corrected chi connectivity index (χ0v) is 14.5. The molecule has 0 saturated carbocycles. The highest BCUT2D eigenvalue weighted by molar-refractivity contribution is 5.49. The number of morpholine rings is 1. The van der Waals surface area contributed by atoms with Crippen LogP contribution in [-0.2, 0) is 4.74 Å². The van der Waals surface area contributed by atoms with E-state index in [9.17, 15) is 0 Å². The summed E-state index contributed by atoms with van der Waals surface area (Å²) in [5.74, 6) is 0. The molecular formula is C23H23NO. The molecule has 0 bridgehead atoms. The molecule has 1 aliphatic heterocycles. The standard InChI is InChI=1S/C23H23NO/c1-18-12-14-21(15-13-18)24-16-22(19-8-4-2-5-9-19)25-23(17-24)20-10-6-3-7-11-20/h2-15,22-23H,16-17H2,1H3/t22-,23+. The summed E-state index contributed by atoms with van der Waals surface area (Å²) in [5, 5.41) is 0. The number of hydrogen-bond acceptors (Lipinski definition) is 2. The number of aryl methyl sites for hydroxylation is 1. The van der Waals surface area contributed by atoms with Gasteiger partial charge in [-0.15, -0.1) is 0 Å². The highest BCUT2D eigenvalue weighted by Gasteiger charge is 2.29. The number of nitrogens with zero attached hydrogens (tertiary/aromatic N) is 1. The average molecular weight is 329 g/mol. The molecule has 0 radical (unpaired) electrons. The molecule has 126 valence electrons. The molecule has 0 N–H and O–H groups in total. The largest absolute Gasteiger partial charge is 0.366 e. The van der Waals surface area contributed by atoms with Crippen LogP contribution in [0.5, 0.6) is 0 Å². The summed E-state index contributed by atoms with van der Waals surface area (Å²) in [6.07, 6.45) is 0.142. The minimum absolute atomic E-state index is 0.0708. The molecule has 1 aliphatic rings. The first-order chi connectivity index (χ1) is 12.3. The number of rotatable bonds is 3. The minimum Gasteiger partial charge on any atom is -0.366 e. The van der Waals surface area contributed by atoms with Gasteiger partial charge < -0.3 is 9.64 Å². The lowest BCUT2D eigenvalue weighted by Crippen LogP contribution is -2.40. The minimum atomic E-state index is 0.0708. The average Bonchev–Trinajstić information content (AvgIpc) is 2.69. The van der Waals surface area contributed by atoms with E-state index in [2.05, 4.69) is 96.8 Å². The SMILES string of the molecule is Cc1ccc(N2C[C@@H](c3ccccc3)O[C@@H](c3ccccc3)C2)cc1. The number of hydrogen-bond donors (Lipinski definition) is 0. The lowest BCUT2D eigenvalue weighted by Gasteiger charge is -2.40. The molecule has 0 spiro atoms. The van der Waals surface area contributed by atoms with Crippen LogP contribution in [0, 0.1) is 6.92 Å². The molecule has 3 aromatic carbocycles. The van der Waals surface area contributed by atoms with Gasteiger partial charge in [0.1, 0.15) is 12.2 Å². The monoisotopic (exact) mass is 329 g/mol. The second-order valence-electron chi connectivity index (χ2n) is 6.68. The summed E-state index contributed by atoms with van der Waals surface area (Å²) in [7, 11) is 0. The predicted molar refractivity (Wildman–Crippen MR) is 103 cm³/mol. The third kappa shape index (κ3) is 3.59. The Morgan fingerprint density at radius 2 is 1.16 bits per heavy atom. The topological polar surface area (TPSA) is 12.5 Å². The Hall–Kier alpha value is -2.58. The fourth-order valence-corrected chi connectivity index (χ4v) is 3.43. The van der Waals surface area contributed by atoms with Crippen molar-refractivity contribution in [3.05, 3.63) is 102 Å². The van der Waals surface area contributed by atoms with Crippen LogP contribution in [0.1, 0.15) is 28.9 Å². The molecule has 1 fully saturated rings. The Kier molecular flexibility index (Phi) is 4.53. The van der Waals surface area contributed by atoms with E-state index in [0.717, 1.165) is 13.1 Å². The molecule has 0 unspecified atom stereocenters. The van der Waals surface area contributed by atoms with Crippen molar-refractivity contribution in [1.82, 2.24) is 0 Å². The van der Waals surface area contributed by atoms with Crippen molar-refractivity contribution in [2.45, 2.75) is 19.1 Å². The van der Waals surface area contributed by atoms with E-state index in [1.165, 1.54) is 22.4 Å². The maximum atomic E-state index is 6.49. The van der Waals surface area contributed by atoms with E-state index < -0.39 is 0 Å². The van der Waals surface area contributed by atoms with Gasteiger partial charge in [-0.25, -0.2) is 0 Å². The molecular weight excluding hydrogens is 306 g/mol. The maximum Gasteiger partial charge on any atom is 0.101 e. The Morgan fingerprint density at radius 3 is 1.64 bits per heavy atom. The first-order valence-corrected chi connectivity index (χ1v) is 8.86. The Morgan fingerprint density at radius 1 is 0.680 bits per heavy atom. The van der Waals surface area contributed by atoms with Crippen LogP contribution in [0.3, 0.4) is 0 Å². The van der Waals surface area contributed by atoms with E-state index in [1.54, 1.807) is 0 Å². The Balaban J connectivity index is 1.66. The van der Waals surface area contributed by atoms with Crippen LogP contribution in [0.15, 0.2) is 84.9 Å². The molecule has 25 heavy (non-hydrogen) atoms. The zero-order chi connectivity index (χ0) is 17.1. The Bertz CT molecular complexity index is 751. The fraction of sp³-hybridized carbons (Fsp3) is 0.217. The molecule has 1 saturated heterocycles. The van der Waals surface area contributed by atoms with Crippen molar-refractivity contribution in [1.29, 1.82) is 0 Å². The van der Waals surface area contributed by atoms with Crippen molar-refractivity contribution in [3.63, 3.8) is 0 Å². The van der Waals surface area contributed by atoms with Crippen molar-refractivity contribution in [2.75, 3.05) is 18.0 Å². The smallest absolute Gasteiger partial charge is 0.101 e. The summed E-state index contributed by atoms with van der Waals surface area (Å²) >= 11 is 0. The number of ether oxygens (including phenoxy) is 1. The van der Waals surface area contributed by atoms with Crippen LogP contribution in [-0.4, -0.2) is 13.1 Å². The second-order valence-corrected chi connectivity index (χ2v) is 6.68. The summed E-state index contributed by atoms with van der Waals surface area (Å²) < 4.78 is 6.49. The number of anilines is 1. The molecule has 2 heteroatoms. The molecule has 0 amide bonds. The van der Waals surface area contributed by atoms with Crippen molar-refractivity contribution >= 4 is 5.69 Å². The molecule has 3 aromatic rings. The molecule has 2 atom stereocenters. The zero-order valence-electron chi connectivity index (χ0n) is 14.5. The summed E-state index contributed by atoms with van der Waals surface area (Å²) in [6, 6.07) is 29.9. The van der Waals surface area contributed by atoms with E-state index >= 15 is 0 Å². The molecule has 1 heterocycles. The van der Waals surface area contributed by atoms with Gasteiger partial charge in [0.05, 0.1) is 0 Å². The van der Waals surface area contributed by atoms with E-state index in [-0.39, 0.29) is 12.2 Å². The van der Waals surface area contributed by atoms with Gasteiger partial charge in [-0.1, -0.05) is 78.4 Å². The first-order valence-electron chi connectivity index (χ1n) is 8.86. The normalized spacial score (nSPS) is 20.4. The van der Waals surface area contributed by atoms with Crippen molar-refractivity contribution in [3.8, 4) is 0 Å². The highest BCUT2D eigenvalue weighted by atomic mass is 16.5. The van der Waals surface area contributed by atoms with Crippen molar-refractivity contribution in [2.24, 2.45) is 0 Å². The summed E-state index contributed by atoms with van der Waals surface area (Å²) in [6.45, 7) is 3.87. The van der Waals surface area contributed by atoms with Crippen LogP contribution in [0.4, 0.5) is 5.69 Å². The quantitative estimate of drug-likeness (QED) is 0.645. The molecule has 0 aliphatic carbocycles. The van der Waals surface area contributed by atoms with Crippen LogP contribution < -0.4 is 4.90 Å². The lowest BCUT2D eigenvalue weighted by atomic mass is 10.0.